The molecule has 0 aliphatic carbocycles. The summed E-state index contributed by atoms with van der Waals surface area (Å²) in [6.07, 6.45) is -0.685. The van der Waals surface area contributed by atoms with Crippen LogP contribution in [0.3, 0.4) is 0 Å². The van der Waals surface area contributed by atoms with Crippen molar-refractivity contribution in [3.05, 3.63) is 23.8 Å². The minimum absolute atomic E-state index is 0. The van der Waals surface area contributed by atoms with E-state index in [-0.39, 0.29) is 23.6 Å². The Kier molecular flexibility index (Phi) is 5.93. The zero-order chi connectivity index (χ0) is 13.2. The highest BCUT2D eigenvalue weighted by atomic mass is 35.5. The van der Waals surface area contributed by atoms with Gasteiger partial charge < -0.3 is 20.7 Å². The van der Waals surface area contributed by atoms with E-state index < -0.39 is 12.1 Å². The van der Waals surface area contributed by atoms with E-state index in [0.717, 1.165) is 0 Å². The number of phenols is 1. The van der Waals surface area contributed by atoms with Crippen LogP contribution in [0.4, 0.5) is 0 Å². The lowest BCUT2D eigenvalue weighted by Gasteiger charge is -2.31. The van der Waals surface area contributed by atoms with Gasteiger partial charge in [-0.2, -0.15) is 0 Å². The van der Waals surface area contributed by atoms with Gasteiger partial charge in [-0.3, -0.25) is 0 Å². The van der Waals surface area contributed by atoms with Gasteiger partial charge in [0, 0.05) is 0 Å². The maximum atomic E-state index is 10.1. The lowest BCUT2D eigenvalue weighted by Crippen LogP contribution is -2.36. The number of ether oxygens (including phenoxy) is 1. The van der Waals surface area contributed by atoms with E-state index in [0.29, 0.717) is 11.3 Å². The topological polar surface area (TPSA) is 75.7 Å². The van der Waals surface area contributed by atoms with Crippen molar-refractivity contribution in [2.45, 2.75) is 32.9 Å². The molecule has 1 aromatic rings. The molecule has 0 radical (unpaired) electrons. The van der Waals surface area contributed by atoms with Gasteiger partial charge in [0.05, 0.1) is 19.3 Å². The average Bonchev–Trinajstić information content (AvgIpc) is 2.25. The summed E-state index contributed by atoms with van der Waals surface area (Å²) < 4.78 is 4.95. The van der Waals surface area contributed by atoms with Crippen molar-refractivity contribution >= 4 is 12.4 Å². The zero-order valence-corrected chi connectivity index (χ0v) is 12.0. The summed E-state index contributed by atoms with van der Waals surface area (Å²) in [4.78, 5) is 0. The molecule has 0 spiro atoms. The Morgan fingerprint density at radius 1 is 1.28 bits per heavy atom. The Morgan fingerprint density at radius 3 is 2.22 bits per heavy atom. The van der Waals surface area contributed by atoms with Crippen molar-refractivity contribution in [3.63, 3.8) is 0 Å². The fraction of sp³-hybridized carbons (Fsp3) is 0.538. The first-order valence-corrected chi connectivity index (χ1v) is 5.58. The molecule has 0 saturated carbocycles. The zero-order valence-electron chi connectivity index (χ0n) is 11.2. The van der Waals surface area contributed by atoms with Gasteiger partial charge in [-0.1, -0.05) is 26.8 Å². The monoisotopic (exact) mass is 275 g/mol. The maximum Gasteiger partial charge on any atom is 0.160 e. The molecule has 0 aromatic heterocycles. The van der Waals surface area contributed by atoms with E-state index in [1.54, 1.807) is 12.1 Å². The van der Waals surface area contributed by atoms with E-state index in [4.69, 9.17) is 10.5 Å². The van der Waals surface area contributed by atoms with Crippen LogP contribution in [0.2, 0.25) is 0 Å². The molecular weight excluding hydrogens is 254 g/mol. The Balaban J connectivity index is 0.00000289. The second-order valence-electron chi connectivity index (χ2n) is 5.27. The highest BCUT2D eigenvalue weighted by Gasteiger charge is 2.29. The van der Waals surface area contributed by atoms with Crippen LogP contribution in [0, 0.1) is 5.41 Å². The van der Waals surface area contributed by atoms with Crippen LogP contribution < -0.4 is 10.5 Å². The molecule has 0 amide bonds. The van der Waals surface area contributed by atoms with Gasteiger partial charge in [0.2, 0.25) is 0 Å². The van der Waals surface area contributed by atoms with Crippen LogP contribution in [0.15, 0.2) is 18.2 Å². The Bertz CT molecular complexity index is 390. The number of aliphatic hydroxyl groups excluding tert-OH is 1. The first-order valence-electron chi connectivity index (χ1n) is 5.58. The summed E-state index contributed by atoms with van der Waals surface area (Å²) in [5.74, 6) is 0.424. The van der Waals surface area contributed by atoms with E-state index >= 15 is 0 Å². The number of aromatic hydroxyl groups is 1. The third-order valence-electron chi connectivity index (χ3n) is 2.82. The second-order valence-corrected chi connectivity index (χ2v) is 5.27. The SMILES string of the molecule is COc1ccc([C@@H](N)[C@@H](O)C(C)(C)C)cc1O.Cl. The largest absolute Gasteiger partial charge is 0.504 e. The predicted octanol–water partition coefficient (Wildman–Crippen LogP) is 2.23. The number of nitrogens with two attached hydrogens (primary N) is 1. The van der Waals surface area contributed by atoms with E-state index in [2.05, 4.69) is 0 Å². The number of phenolic OH excluding ortho intramolecular Hbond substituents is 1. The van der Waals surface area contributed by atoms with E-state index in [1.165, 1.54) is 13.2 Å². The minimum atomic E-state index is -0.685. The summed E-state index contributed by atoms with van der Waals surface area (Å²) in [7, 11) is 1.48. The summed E-state index contributed by atoms with van der Waals surface area (Å²) >= 11 is 0. The van der Waals surface area contributed by atoms with Crippen molar-refractivity contribution < 1.29 is 14.9 Å². The van der Waals surface area contributed by atoms with Crippen molar-refractivity contribution in [2.24, 2.45) is 11.1 Å². The normalized spacial score (nSPS) is 14.6. The Hall–Kier alpha value is -0.970. The molecule has 0 saturated heterocycles. The van der Waals surface area contributed by atoms with Gasteiger partial charge in [0.15, 0.2) is 11.5 Å². The second kappa shape index (κ2) is 6.27. The van der Waals surface area contributed by atoms with Crippen LogP contribution in [0.1, 0.15) is 32.4 Å². The lowest BCUT2D eigenvalue weighted by atomic mass is 9.82. The number of benzene rings is 1. The fourth-order valence-electron chi connectivity index (χ4n) is 1.64. The summed E-state index contributed by atoms with van der Waals surface area (Å²) in [5, 5.41) is 19.7. The summed E-state index contributed by atoms with van der Waals surface area (Å²) in [6.45, 7) is 5.75. The van der Waals surface area contributed by atoms with Crippen molar-refractivity contribution in [2.75, 3.05) is 7.11 Å². The third-order valence-corrected chi connectivity index (χ3v) is 2.82. The molecule has 2 atom stereocenters. The molecule has 0 heterocycles. The standard InChI is InChI=1S/C13H21NO3.ClH/c1-13(2,3)12(16)11(14)8-5-6-10(17-4)9(15)7-8;/h5-7,11-12,15-16H,14H2,1-4H3;1H/t11-,12-;/m1./s1. The molecule has 18 heavy (non-hydrogen) atoms. The summed E-state index contributed by atoms with van der Waals surface area (Å²) in [5.41, 5.74) is 6.36. The number of aliphatic hydroxyl groups is 1. The molecule has 4 N–H and O–H groups in total. The Labute approximate surface area is 114 Å². The van der Waals surface area contributed by atoms with Crippen LogP contribution >= 0.6 is 12.4 Å². The molecule has 0 aliphatic heterocycles. The van der Waals surface area contributed by atoms with Gasteiger partial charge >= 0.3 is 0 Å². The number of hydrogen-bond donors (Lipinski definition) is 3. The van der Waals surface area contributed by atoms with Gasteiger partial charge in [0.1, 0.15) is 0 Å². The van der Waals surface area contributed by atoms with E-state index in [9.17, 15) is 10.2 Å². The highest BCUT2D eigenvalue weighted by molar-refractivity contribution is 5.85. The quantitative estimate of drug-likeness (QED) is 0.791. The number of rotatable bonds is 3. The summed E-state index contributed by atoms with van der Waals surface area (Å²) in [6, 6.07) is 4.38. The van der Waals surface area contributed by atoms with E-state index in [1.807, 2.05) is 20.8 Å². The fourth-order valence-corrected chi connectivity index (χ4v) is 1.64. The van der Waals surface area contributed by atoms with Crippen LogP contribution in [0.5, 0.6) is 11.5 Å². The smallest absolute Gasteiger partial charge is 0.160 e. The van der Waals surface area contributed by atoms with Crippen molar-refractivity contribution in [3.8, 4) is 11.5 Å². The molecule has 0 aliphatic rings. The number of hydrogen-bond acceptors (Lipinski definition) is 4. The van der Waals surface area contributed by atoms with Gasteiger partial charge in [-0.25, -0.2) is 0 Å². The van der Waals surface area contributed by atoms with Crippen LogP contribution in [-0.2, 0) is 0 Å². The third kappa shape index (κ3) is 3.77. The van der Waals surface area contributed by atoms with Crippen LogP contribution in [-0.4, -0.2) is 23.4 Å². The molecule has 0 bridgehead atoms. The molecular formula is C13H22ClNO3. The lowest BCUT2D eigenvalue weighted by molar-refractivity contribution is 0.0400. The van der Waals surface area contributed by atoms with Crippen molar-refractivity contribution in [1.82, 2.24) is 0 Å². The van der Waals surface area contributed by atoms with Gasteiger partial charge in [0.25, 0.3) is 0 Å². The first kappa shape index (κ1) is 17.0. The van der Waals surface area contributed by atoms with Gasteiger partial charge in [-0.15, -0.1) is 12.4 Å². The molecule has 4 nitrogen and oxygen atoms in total. The number of halogens is 1. The molecule has 0 unspecified atom stereocenters. The Morgan fingerprint density at radius 2 is 1.83 bits per heavy atom. The van der Waals surface area contributed by atoms with Crippen LogP contribution in [0.25, 0.3) is 0 Å². The minimum Gasteiger partial charge on any atom is -0.504 e. The average molecular weight is 276 g/mol. The highest BCUT2D eigenvalue weighted by Crippen LogP contribution is 2.33. The van der Waals surface area contributed by atoms with Crippen molar-refractivity contribution in [1.29, 1.82) is 0 Å². The molecule has 5 heteroatoms. The molecule has 1 aromatic carbocycles. The number of methoxy groups -OCH3 is 1. The van der Waals surface area contributed by atoms with Gasteiger partial charge in [-0.05, 0) is 23.1 Å². The first-order chi connectivity index (χ1) is 7.77. The molecule has 0 fully saturated rings. The molecule has 104 valence electrons. The maximum absolute atomic E-state index is 10.1. The molecule has 1 rings (SSSR count). The predicted molar refractivity (Wildman–Crippen MR) is 74.3 cm³/mol.